The van der Waals surface area contributed by atoms with Crippen LogP contribution in [0.15, 0.2) is 71.3 Å². The number of carbonyl (C=O) groups excluding carboxylic acids is 1. The minimum Gasteiger partial charge on any atom is -0.489 e. The van der Waals surface area contributed by atoms with Crippen LogP contribution in [0, 0.1) is 5.82 Å². The summed E-state index contributed by atoms with van der Waals surface area (Å²) < 4.78 is 24.8. The fraction of sp³-hybridized carbons (Fsp3) is 0.227. The summed E-state index contributed by atoms with van der Waals surface area (Å²) in [7, 11) is 1.61. The highest BCUT2D eigenvalue weighted by Gasteiger charge is 2.11. The van der Waals surface area contributed by atoms with Gasteiger partial charge in [-0.3, -0.25) is 9.69 Å². The number of rotatable bonds is 9. The molecule has 6 heteroatoms. The molecule has 0 aliphatic carbocycles. The fourth-order valence-electron chi connectivity index (χ4n) is 2.85. The van der Waals surface area contributed by atoms with E-state index in [1.54, 1.807) is 43.6 Å². The van der Waals surface area contributed by atoms with E-state index in [1.807, 2.05) is 24.3 Å². The number of para-hydroxylation sites is 1. The van der Waals surface area contributed by atoms with E-state index in [0.29, 0.717) is 31.8 Å². The largest absolute Gasteiger partial charge is 0.489 e. The third kappa shape index (κ3) is 5.44. The lowest BCUT2D eigenvalue weighted by Crippen LogP contribution is -2.28. The molecule has 3 aromatic rings. The highest BCUT2D eigenvalue weighted by molar-refractivity contribution is 5.93. The zero-order chi connectivity index (χ0) is 19.8. The van der Waals surface area contributed by atoms with E-state index in [9.17, 15) is 9.18 Å². The Morgan fingerprint density at radius 3 is 2.54 bits per heavy atom. The predicted octanol–water partition coefficient (Wildman–Crippen LogP) is 3.86. The van der Waals surface area contributed by atoms with E-state index in [2.05, 4.69) is 10.2 Å². The number of ether oxygens (including phenoxy) is 1. The fourth-order valence-corrected chi connectivity index (χ4v) is 2.85. The van der Waals surface area contributed by atoms with Gasteiger partial charge in [0.05, 0.1) is 12.8 Å². The van der Waals surface area contributed by atoms with Crippen molar-refractivity contribution in [1.82, 2.24) is 10.2 Å². The summed E-state index contributed by atoms with van der Waals surface area (Å²) >= 11 is 0. The zero-order valence-electron chi connectivity index (χ0n) is 15.7. The molecule has 3 rings (SSSR count). The van der Waals surface area contributed by atoms with Crippen LogP contribution in [-0.4, -0.2) is 31.0 Å². The summed E-state index contributed by atoms with van der Waals surface area (Å²) in [5.41, 5.74) is 1.68. The van der Waals surface area contributed by atoms with Gasteiger partial charge in [-0.2, -0.15) is 0 Å². The molecule has 0 unspecified atom stereocenters. The molecule has 0 fully saturated rings. The molecule has 0 atom stereocenters. The van der Waals surface area contributed by atoms with Gasteiger partial charge in [0, 0.05) is 25.7 Å². The second-order valence-corrected chi connectivity index (χ2v) is 6.34. The molecule has 0 aliphatic heterocycles. The quantitative estimate of drug-likeness (QED) is 0.611. The van der Waals surface area contributed by atoms with Crippen LogP contribution >= 0.6 is 0 Å². The van der Waals surface area contributed by atoms with E-state index in [0.717, 1.165) is 11.3 Å². The Morgan fingerprint density at radius 2 is 1.86 bits per heavy atom. The van der Waals surface area contributed by atoms with Crippen LogP contribution in [0.1, 0.15) is 21.7 Å². The van der Waals surface area contributed by atoms with Gasteiger partial charge in [-0.25, -0.2) is 4.39 Å². The first-order chi connectivity index (χ1) is 13.7. The number of hydrogen-bond donors (Lipinski definition) is 1. The summed E-state index contributed by atoms with van der Waals surface area (Å²) in [4.78, 5) is 13.8. The molecule has 0 spiro atoms. The normalized spacial score (nSPS) is 10.8. The van der Waals surface area contributed by atoms with Crippen molar-refractivity contribution in [3.63, 3.8) is 0 Å². The molecular formula is C22H23FN2O3. The molecule has 1 N–H and O–H groups in total. The number of amides is 1. The molecule has 28 heavy (non-hydrogen) atoms. The molecule has 0 aliphatic rings. The first-order valence-corrected chi connectivity index (χ1v) is 9.09. The first-order valence-electron chi connectivity index (χ1n) is 9.09. The molecular weight excluding hydrogens is 359 g/mol. The molecule has 0 bridgehead atoms. The SMILES string of the molecule is CNC(=O)c1ccc(CN(CCOc2ccccc2F)Cc2ccco2)cc1. The van der Waals surface area contributed by atoms with Crippen molar-refractivity contribution in [2.24, 2.45) is 0 Å². The van der Waals surface area contributed by atoms with Crippen LogP contribution in [-0.2, 0) is 13.1 Å². The van der Waals surface area contributed by atoms with Crippen molar-refractivity contribution in [2.75, 3.05) is 20.2 Å². The lowest BCUT2D eigenvalue weighted by atomic mass is 10.1. The van der Waals surface area contributed by atoms with Gasteiger partial charge in [-0.05, 0) is 42.0 Å². The van der Waals surface area contributed by atoms with E-state index < -0.39 is 0 Å². The van der Waals surface area contributed by atoms with Gasteiger partial charge in [-0.1, -0.05) is 24.3 Å². The Morgan fingerprint density at radius 1 is 1.07 bits per heavy atom. The first kappa shape index (κ1) is 19.6. The number of halogens is 1. The third-order valence-corrected chi connectivity index (χ3v) is 4.31. The molecule has 1 heterocycles. The van der Waals surface area contributed by atoms with Gasteiger partial charge >= 0.3 is 0 Å². The van der Waals surface area contributed by atoms with Crippen molar-refractivity contribution in [1.29, 1.82) is 0 Å². The highest BCUT2D eigenvalue weighted by Crippen LogP contribution is 2.16. The molecule has 1 amide bonds. The van der Waals surface area contributed by atoms with Gasteiger partial charge in [0.25, 0.3) is 5.91 Å². The van der Waals surface area contributed by atoms with Gasteiger partial charge in [-0.15, -0.1) is 0 Å². The number of carbonyl (C=O) groups is 1. The Bertz CT molecular complexity index is 879. The standard InChI is InChI=1S/C22H23FN2O3/c1-24-22(26)18-10-8-17(9-11-18)15-25(16-19-5-4-13-27-19)12-14-28-21-7-3-2-6-20(21)23/h2-11,13H,12,14-16H2,1H3,(H,24,26). The number of furan rings is 1. The van der Waals surface area contributed by atoms with Crippen molar-refractivity contribution < 1.29 is 18.3 Å². The van der Waals surface area contributed by atoms with Crippen LogP contribution in [0.4, 0.5) is 4.39 Å². The Balaban J connectivity index is 1.63. The Labute approximate surface area is 163 Å². The van der Waals surface area contributed by atoms with Crippen LogP contribution in [0.2, 0.25) is 0 Å². The van der Waals surface area contributed by atoms with Crippen LogP contribution in [0.5, 0.6) is 5.75 Å². The van der Waals surface area contributed by atoms with Gasteiger partial charge < -0.3 is 14.5 Å². The van der Waals surface area contributed by atoms with Crippen LogP contribution in [0.25, 0.3) is 0 Å². The minimum absolute atomic E-state index is 0.114. The highest BCUT2D eigenvalue weighted by atomic mass is 19.1. The smallest absolute Gasteiger partial charge is 0.251 e. The number of benzene rings is 2. The number of nitrogens with one attached hydrogen (secondary N) is 1. The monoisotopic (exact) mass is 382 g/mol. The maximum absolute atomic E-state index is 13.7. The molecule has 1 aromatic heterocycles. The molecule has 5 nitrogen and oxygen atoms in total. The van der Waals surface area contributed by atoms with E-state index in [-0.39, 0.29) is 17.5 Å². The molecule has 0 radical (unpaired) electrons. The van der Waals surface area contributed by atoms with Crippen molar-refractivity contribution >= 4 is 5.91 Å². The zero-order valence-corrected chi connectivity index (χ0v) is 15.7. The summed E-state index contributed by atoms with van der Waals surface area (Å²) in [5.74, 6) is 0.602. The van der Waals surface area contributed by atoms with Crippen molar-refractivity contribution in [3.05, 3.63) is 89.6 Å². The molecule has 0 saturated heterocycles. The summed E-state index contributed by atoms with van der Waals surface area (Å²) in [5, 5.41) is 2.61. The van der Waals surface area contributed by atoms with Crippen LogP contribution in [0.3, 0.4) is 0 Å². The average Bonchev–Trinajstić information content (AvgIpc) is 3.22. The lowest BCUT2D eigenvalue weighted by molar-refractivity contribution is 0.0963. The van der Waals surface area contributed by atoms with Crippen molar-refractivity contribution in [3.8, 4) is 5.75 Å². The second kappa shape index (κ2) is 9.71. The topological polar surface area (TPSA) is 54.7 Å². The third-order valence-electron chi connectivity index (χ3n) is 4.31. The summed E-state index contributed by atoms with van der Waals surface area (Å²) in [6.07, 6.45) is 1.64. The lowest BCUT2D eigenvalue weighted by Gasteiger charge is -2.21. The summed E-state index contributed by atoms with van der Waals surface area (Å²) in [6.45, 7) is 2.18. The van der Waals surface area contributed by atoms with E-state index in [1.165, 1.54) is 6.07 Å². The summed E-state index contributed by atoms with van der Waals surface area (Å²) in [6, 6.07) is 17.6. The average molecular weight is 382 g/mol. The van der Waals surface area contributed by atoms with Gasteiger partial charge in [0.1, 0.15) is 12.4 Å². The van der Waals surface area contributed by atoms with Gasteiger partial charge in [0.2, 0.25) is 0 Å². The molecule has 0 saturated carbocycles. The number of hydrogen-bond acceptors (Lipinski definition) is 4. The maximum atomic E-state index is 13.7. The molecule has 146 valence electrons. The molecule has 2 aromatic carbocycles. The second-order valence-electron chi connectivity index (χ2n) is 6.34. The van der Waals surface area contributed by atoms with E-state index in [4.69, 9.17) is 9.15 Å². The number of nitrogens with zero attached hydrogens (tertiary/aromatic N) is 1. The van der Waals surface area contributed by atoms with E-state index >= 15 is 0 Å². The van der Waals surface area contributed by atoms with Gasteiger partial charge in [0.15, 0.2) is 11.6 Å². The maximum Gasteiger partial charge on any atom is 0.251 e. The Hall–Kier alpha value is -3.12. The van der Waals surface area contributed by atoms with Crippen LogP contribution < -0.4 is 10.1 Å². The predicted molar refractivity (Wildman–Crippen MR) is 105 cm³/mol. The van der Waals surface area contributed by atoms with Crippen molar-refractivity contribution in [2.45, 2.75) is 13.1 Å². The minimum atomic E-state index is -0.370. The Kier molecular flexibility index (Phi) is 6.81.